The van der Waals surface area contributed by atoms with Crippen LogP contribution in [0.25, 0.3) is 0 Å². The van der Waals surface area contributed by atoms with Crippen molar-refractivity contribution in [1.29, 1.82) is 0 Å². The van der Waals surface area contributed by atoms with Gasteiger partial charge in [0.15, 0.2) is 0 Å². The molecule has 0 aromatic heterocycles. The molecule has 0 heterocycles. The Kier molecular flexibility index (Phi) is 5.37. The van der Waals surface area contributed by atoms with Crippen molar-refractivity contribution in [2.75, 3.05) is 7.05 Å². The molecule has 0 amide bonds. The molecule has 2 aromatic rings. The number of aryl methyl sites for hydroxylation is 2. The molecule has 0 saturated heterocycles. The van der Waals surface area contributed by atoms with Crippen molar-refractivity contribution in [3.8, 4) is 5.75 Å². The summed E-state index contributed by atoms with van der Waals surface area (Å²) in [5.41, 5.74) is 4.21. The Balaban J connectivity index is 2.18. The molecule has 0 spiro atoms. The van der Waals surface area contributed by atoms with Crippen molar-refractivity contribution >= 4 is 15.9 Å². The summed E-state index contributed by atoms with van der Waals surface area (Å²) in [4.78, 5) is 0. The van der Waals surface area contributed by atoms with Crippen molar-refractivity contribution in [2.45, 2.75) is 27.0 Å². The summed E-state index contributed by atoms with van der Waals surface area (Å²) in [5.74, 6) is 0.597. The highest BCUT2D eigenvalue weighted by atomic mass is 79.9. The Bertz CT molecular complexity index is 620. The molecular weight excluding hydrogens is 333 g/mol. The van der Waals surface area contributed by atoms with Crippen LogP contribution >= 0.6 is 15.9 Å². The molecular formula is C17H19BrFNO. The van der Waals surface area contributed by atoms with Crippen molar-refractivity contribution in [2.24, 2.45) is 0 Å². The van der Waals surface area contributed by atoms with Crippen LogP contribution in [-0.4, -0.2) is 7.05 Å². The van der Waals surface area contributed by atoms with E-state index in [-0.39, 0.29) is 5.82 Å². The minimum absolute atomic E-state index is 0.270. The van der Waals surface area contributed by atoms with Crippen molar-refractivity contribution in [3.63, 3.8) is 0 Å². The maximum atomic E-state index is 13.5. The smallest absolute Gasteiger partial charge is 0.137 e. The summed E-state index contributed by atoms with van der Waals surface area (Å²) < 4.78 is 19.9. The molecule has 0 atom stereocenters. The van der Waals surface area contributed by atoms with E-state index in [1.165, 1.54) is 11.6 Å². The highest BCUT2D eigenvalue weighted by Crippen LogP contribution is 2.27. The Labute approximate surface area is 133 Å². The van der Waals surface area contributed by atoms with Crippen LogP contribution in [0, 0.1) is 19.7 Å². The molecule has 1 N–H and O–H groups in total. The predicted octanol–water partition coefficient (Wildman–Crippen LogP) is 4.50. The van der Waals surface area contributed by atoms with Crippen LogP contribution in [0.1, 0.15) is 22.3 Å². The first-order valence-electron chi connectivity index (χ1n) is 6.83. The van der Waals surface area contributed by atoms with E-state index in [0.717, 1.165) is 29.0 Å². The second kappa shape index (κ2) is 7.05. The fourth-order valence-corrected chi connectivity index (χ4v) is 2.76. The quantitative estimate of drug-likeness (QED) is 0.855. The van der Waals surface area contributed by atoms with Crippen LogP contribution in [-0.2, 0) is 13.2 Å². The zero-order chi connectivity index (χ0) is 15.4. The summed E-state index contributed by atoms with van der Waals surface area (Å²) in [6, 6.07) is 9.19. The second-order valence-electron chi connectivity index (χ2n) is 5.09. The third-order valence-electron chi connectivity index (χ3n) is 3.30. The molecule has 0 aliphatic rings. The van der Waals surface area contributed by atoms with E-state index >= 15 is 0 Å². The number of rotatable bonds is 5. The van der Waals surface area contributed by atoms with Gasteiger partial charge in [0.1, 0.15) is 18.2 Å². The number of benzene rings is 2. The highest BCUT2D eigenvalue weighted by molar-refractivity contribution is 9.10. The van der Waals surface area contributed by atoms with Gasteiger partial charge in [-0.3, -0.25) is 0 Å². The molecule has 0 unspecified atom stereocenters. The van der Waals surface area contributed by atoms with Gasteiger partial charge in [-0.25, -0.2) is 4.39 Å². The Hall–Kier alpha value is -1.39. The lowest BCUT2D eigenvalue weighted by Crippen LogP contribution is -2.07. The topological polar surface area (TPSA) is 21.3 Å². The van der Waals surface area contributed by atoms with Crippen LogP contribution in [0.3, 0.4) is 0 Å². The average Bonchev–Trinajstić information content (AvgIpc) is 2.42. The summed E-state index contributed by atoms with van der Waals surface area (Å²) >= 11 is 3.26. The Morgan fingerprint density at radius 3 is 2.48 bits per heavy atom. The highest BCUT2D eigenvalue weighted by Gasteiger charge is 2.09. The molecule has 2 nitrogen and oxygen atoms in total. The first kappa shape index (κ1) is 16.0. The van der Waals surface area contributed by atoms with Gasteiger partial charge in [0.05, 0.1) is 4.47 Å². The molecule has 0 radical (unpaired) electrons. The van der Waals surface area contributed by atoms with Crippen molar-refractivity contribution < 1.29 is 9.13 Å². The second-order valence-corrected chi connectivity index (χ2v) is 5.88. The predicted molar refractivity (Wildman–Crippen MR) is 87.1 cm³/mol. The van der Waals surface area contributed by atoms with Crippen LogP contribution < -0.4 is 10.1 Å². The summed E-state index contributed by atoms with van der Waals surface area (Å²) in [7, 11) is 1.93. The van der Waals surface area contributed by atoms with E-state index in [9.17, 15) is 4.39 Å². The number of ether oxygens (including phenoxy) is 1. The van der Waals surface area contributed by atoms with Gasteiger partial charge in [0.25, 0.3) is 0 Å². The molecule has 2 aromatic carbocycles. The lowest BCUT2D eigenvalue weighted by Gasteiger charge is -2.15. The number of nitrogens with one attached hydrogen (secondary N) is 1. The van der Waals surface area contributed by atoms with Gasteiger partial charge in [-0.2, -0.15) is 0 Å². The van der Waals surface area contributed by atoms with E-state index in [1.54, 1.807) is 6.07 Å². The zero-order valence-electron chi connectivity index (χ0n) is 12.5. The molecule has 0 saturated carbocycles. The van der Waals surface area contributed by atoms with Crippen LogP contribution in [0.5, 0.6) is 5.75 Å². The van der Waals surface area contributed by atoms with E-state index in [0.29, 0.717) is 11.1 Å². The Morgan fingerprint density at radius 1 is 1.19 bits per heavy atom. The monoisotopic (exact) mass is 351 g/mol. The van der Waals surface area contributed by atoms with E-state index in [2.05, 4.69) is 33.4 Å². The largest absolute Gasteiger partial charge is 0.488 e. The van der Waals surface area contributed by atoms with Gasteiger partial charge in [-0.05, 0) is 59.6 Å². The molecule has 0 aliphatic heterocycles. The van der Waals surface area contributed by atoms with Gasteiger partial charge >= 0.3 is 0 Å². The number of hydrogen-bond donors (Lipinski definition) is 1. The normalized spacial score (nSPS) is 10.7. The minimum Gasteiger partial charge on any atom is -0.488 e. The van der Waals surface area contributed by atoms with Crippen LogP contribution in [0.4, 0.5) is 4.39 Å². The molecule has 2 rings (SSSR count). The molecule has 112 valence electrons. The fraction of sp³-hybridized carbons (Fsp3) is 0.294. The van der Waals surface area contributed by atoms with Crippen molar-refractivity contribution in [1.82, 2.24) is 5.32 Å². The average molecular weight is 352 g/mol. The minimum atomic E-state index is -0.270. The molecule has 21 heavy (non-hydrogen) atoms. The van der Waals surface area contributed by atoms with Crippen LogP contribution in [0.2, 0.25) is 0 Å². The van der Waals surface area contributed by atoms with Gasteiger partial charge in [-0.15, -0.1) is 0 Å². The zero-order valence-corrected chi connectivity index (χ0v) is 14.1. The lowest BCUT2D eigenvalue weighted by atomic mass is 10.1. The molecule has 0 aliphatic carbocycles. The first-order valence-corrected chi connectivity index (χ1v) is 7.62. The number of halogens is 2. The molecule has 4 heteroatoms. The summed E-state index contributed by atoms with van der Waals surface area (Å²) in [6.45, 7) is 5.23. The molecule has 0 bridgehead atoms. The first-order chi connectivity index (χ1) is 10.0. The number of hydrogen-bond acceptors (Lipinski definition) is 2. The van der Waals surface area contributed by atoms with Gasteiger partial charge in [0, 0.05) is 12.1 Å². The van der Waals surface area contributed by atoms with Gasteiger partial charge in [-0.1, -0.05) is 24.3 Å². The van der Waals surface area contributed by atoms with Crippen LogP contribution in [0.15, 0.2) is 34.8 Å². The summed E-state index contributed by atoms with van der Waals surface area (Å²) in [5, 5.41) is 3.14. The Morgan fingerprint density at radius 2 is 1.86 bits per heavy atom. The third kappa shape index (κ3) is 3.83. The van der Waals surface area contributed by atoms with Gasteiger partial charge < -0.3 is 10.1 Å². The standard InChI is InChI=1S/C17H19BrFNO/c1-11-7-13(9-20-3)8-12(2)17(11)21-10-14-5-4-6-15(19)16(14)18/h4-8,20H,9-10H2,1-3H3. The SMILES string of the molecule is CNCc1cc(C)c(OCc2cccc(F)c2Br)c(C)c1. The maximum Gasteiger partial charge on any atom is 0.137 e. The van der Waals surface area contributed by atoms with Gasteiger partial charge in [0.2, 0.25) is 0 Å². The fourth-order valence-electron chi connectivity index (χ4n) is 2.38. The van der Waals surface area contributed by atoms with E-state index in [1.807, 2.05) is 27.0 Å². The third-order valence-corrected chi connectivity index (χ3v) is 4.19. The van der Waals surface area contributed by atoms with E-state index in [4.69, 9.17) is 4.74 Å². The lowest BCUT2D eigenvalue weighted by molar-refractivity contribution is 0.300. The summed E-state index contributed by atoms with van der Waals surface area (Å²) in [6.07, 6.45) is 0. The molecule has 0 fully saturated rings. The van der Waals surface area contributed by atoms with E-state index < -0.39 is 0 Å². The maximum absolute atomic E-state index is 13.5. The van der Waals surface area contributed by atoms with Crippen molar-refractivity contribution in [3.05, 3.63) is 62.9 Å².